The van der Waals surface area contributed by atoms with Crippen LogP contribution in [0.3, 0.4) is 0 Å². The zero-order chi connectivity index (χ0) is 26.8. The quantitative estimate of drug-likeness (QED) is 0.439. The van der Waals surface area contributed by atoms with Crippen molar-refractivity contribution in [3.8, 4) is 5.75 Å². The third kappa shape index (κ3) is 5.50. The Kier molecular flexibility index (Phi) is 7.33. The molecule has 2 heterocycles. The van der Waals surface area contributed by atoms with E-state index in [9.17, 15) is 9.59 Å². The van der Waals surface area contributed by atoms with Crippen LogP contribution in [-0.2, 0) is 9.59 Å². The van der Waals surface area contributed by atoms with Gasteiger partial charge in [-0.1, -0.05) is 59.8 Å². The number of amides is 2. The Labute approximate surface area is 227 Å². The standard InChI is InChI=1S/C30H30N4O3S/c1-18-5-8-21(9-6-18)25-16-26(22-10-13-24(37-4)14-11-22)34(33-25)30-32-29(36)27(38-30)17-28(35)31-23-12-7-19(2)20(3)15-23/h5-15,26-27H,16-17H2,1-4H3,(H,31,35). The minimum atomic E-state index is -0.591. The Morgan fingerprint density at radius 3 is 2.45 bits per heavy atom. The van der Waals surface area contributed by atoms with E-state index in [0.717, 1.165) is 39.4 Å². The molecule has 5 rings (SSSR count). The molecule has 0 bridgehead atoms. The number of ether oxygens (including phenoxy) is 1. The lowest BCUT2D eigenvalue weighted by Crippen LogP contribution is -2.25. The van der Waals surface area contributed by atoms with E-state index >= 15 is 0 Å². The number of methoxy groups -OCH3 is 1. The predicted octanol–water partition coefficient (Wildman–Crippen LogP) is 5.80. The molecule has 0 saturated carbocycles. The van der Waals surface area contributed by atoms with E-state index in [-0.39, 0.29) is 24.3 Å². The van der Waals surface area contributed by atoms with Gasteiger partial charge < -0.3 is 10.1 Å². The largest absolute Gasteiger partial charge is 0.497 e. The molecule has 0 aromatic heterocycles. The van der Waals surface area contributed by atoms with Crippen molar-refractivity contribution in [1.29, 1.82) is 0 Å². The summed E-state index contributed by atoms with van der Waals surface area (Å²) in [5, 5.41) is 9.59. The molecule has 0 spiro atoms. The van der Waals surface area contributed by atoms with E-state index in [0.29, 0.717) is 11.6 Å². The summed E-state index contributed by atoms with van der Waals surface area (Å²) >= 11 is 1.30. The number of hydrogen-bond donors (Lipinski definition) is 1. The summed E-state index contributed by atoms with van der Waals surface area (Å²) in [6.45, 7) is 6.08. The molecule has 2 aliphatic heterocycles. The molecular formula is C30H30N4O3S. The average Bonchev–Trinajstić information content (AvgIpc) is 3.50. The molecule has 2 aliphatic rings. The third-order valence-corrected chi connectivity index (χ3v) is 8.02. The summed E-state index contributed by atoms with van der Waals surface area (Å²) < 4.78 is 5.33. The lowest BCUT2D eigenvalue weighted by Gasteiger charge is -2.23. The van der Waals surface area contributed by atoms with Gasteiger partial charge in [-0.2, -0.15) is 10.1 Å². The molecule has 8 heteroatoms. The highest BCUT2D eigenvalue weighted by molar-refractivity contribution is 8.15. The lowest BCUT2D eigenvalue weighted by atomic mass is 9.98. The summed E-state index contributed by atoms with van der Waals surface area (Å²) in [5.74, 6) is 0.246. The van der Waals surface area contributed by atoms with E-state index in [2.05, 4.69) is 41.5 Å². The number of amidine groups is 1. The molecule has 3 aromatic carbocycles. The Hall–Kier alpha value is -3.91. The summed E-state index contributed by atoms with van der Waals surface area (Å²) in [7, 11) is 1.64. The third-order valence-electron chi connectivity index (χ3n) is 6.88. The number of thioether (sulfide) groups is 1. The number of nitrogens with zero attached hydrogens (tertiary/aromatic N) is 3. The normalized spacial score (nSPS) is 18.8. The van der Waals surface area contributed by atoms with Crippen LogP contribution in [0, 0.1) is 20.8 Å². The second-order valence-corrected chi connectivity index (χ2v) is 10.8. The average molecular weight is 527 g/mol. The maximum Gasteiger partial charge on any atom is 0.262 e. The maximum absolute atomic E-state index is 12.9. The number of hydrazone groups is 1. The topological polar surface area (TPSA) is 83.4 Å². The number of anilines is 1. The van der Waals surface area contributed by atoms with Crippen LogP contribution >= 0.6 is 11.8 Å². The Balaban J connectivity index is 1.34. The molecule has 1 N–H and O–H groups in total. The molecule has 0 saturated heterocycles. The zero-order valence-electron chi connectivity index (χ0n) is 21.9. The van der Waals surface area contributed by atoms with Crippen LogP contribution in [0.15, 0.2) is 76.8 Å². The minimum Gasteiger partial charge on any atom is -0.497 e. The summed E-state index contributed by atoms with van der Waals surface area (Å²) in [6, 6.07) is 21.8. The second-order valence-electron chi connectivity index (χ2n) is 9.64. The fourth-order valence-corrected chi connectivity index (χ4v) is 5.56. The first-order valence-electron chi connectivity index (χ1n) is 12.5. The number of rotatable bonds is 6. The van der Waals surface area contributed by atoms with Crippen molar-refractivity contribution in [2.45, 2.75) is 44.9 Å². The van der Waals surface area contributed by atoms with Gasteiger partial charge in [-0.15, -0.1) is 0 Å². The van der Waals surface area contributed by atoms with Crippen LogP contribution < -0.4 is 10.1 Å². The van der Waals surface area contributed by atoms with Gasteiger partial charge in [0.25, 0.3) is 5.91 Å². The first-order valence-corrected chi connectivity index (χ1v) is 13.4. The molecule has 194 valence electrons. The SMILES string of the molecule is COc1ccc(C2CC(c3ccc(C)cc3)=NN2C2=NC(=O)C(CC(=O)Nc3ccc(C)c(C)c3)S2)cc1. The van der Waals surface area contributed by atoms with E-state index in [1.165, 1.54) is 17.3 Å². The predicted molar refractivity (Wildman–Crippen MR) is 153 cm³/mol. The van der Waals surface area contributed by atoms with Crippen molar-refractivity contribution in [2.24, 2.45) is 10.1 Å². The molecule has 2 unspecified atom stereocenters. The molecule has 2 atom stereocenters. The van der Waals surface area contributed by atoms with E-state index in [1.807, 2.05) is 61.3 Å². The fourth-order valence-electron chi connectivity index (χ4n) is 4.50. The maximum atomic E-state index is 12.9. The molecule has 3 aromatic rings. The van der Waals surface area contributed by atoms with Crippen molar-refractivity contribution in [3.63, 3.8) is 0 Å². The molecule has 2 amide bonds. The van der Waals surface area contributed by atoms with Crippen molar-refractivity contribution >= 4 is 40.1 Å². The summed E-state index contributed by atoms with van der Waals surface area (Å²) in [6.07, 6.45) is 0.708. The van der Waals surface area contributed by atoms with Gasteiger partial charge in [-0.3, -0.25) is 9.59 Å². The number of aliphatic imine (C=N–C) groups is 1. The van der Waals surface area contributed by atoms with E-state index < -0.39 is 5.25 Å². The van der Waals surface area contributed by atoms with Gasteiger partial charge >= 0.3 is 0 Å². The molecular weight excluding hydrogens is 496 g/mol. The highest BCUT2D eigenvalue weighted by atomic mass is 32.2. The fraction of sp³-hybridized carbons (Fsp3) is 0.267. The van der Waals surface area contributed by atoms with Gasteiger partial charge in [0.2, 0.25) is 5.91 Å². The number of benzene rings is 3. The Morgan fingerprint density at radius 1 is 1.03 bits per heavy atom. The van der Waals surface area contributed by atoms with E-state index in [4.69, 9.17) is 9.84 Å². The van der Waals surface area contributed by atoms with Crippen molar-refractivity contribution in [2.75, 3.05) is 12.4 Å². The van der Waals surface area contributed by atoms with Gasteiger partial charge in [0.15, 0.2) is 5.17 Å². The number of aryl methyl sites for hydroxylation is 3. The molecule has 0 fully saturated rings. The van der Waals surface area contributed by atoms with Crippen LogP contribution in [0.1, 0.15) is 46.7 Å². The van der Waals surface area contributed by atoms with Gasteiger partial charge in [0.1, 0.15) is 11.0 Å². The zero-order valence-corrected chi connectivity index (χ0v) is 22.7. The molecule has 0 aliphatic carbocycles. The Morgan fingerprint density at radius 2 is 1.76 bits per heavy atom. The number of nitrogens with one attached hydrogen (secondary N) is 1. The monoisotopic (exact) mass is 526 g/mol. The highest BCUT2D eigenvalue weighted by Gasteiger charge is 2.39. The van der Waals surface area contributed by atoms with Crippen LogP contribution in [0.4, 0.5) is 5.69 Å². The van der Waals surface area contributed by atoms with Crippen molar-refractivity contribution in [3.05, 3.63) is 94.5 Å². The van der Waals surface area contributed by atoms with Crippen molar-refractivity contribution < 1.29 is 14.3 Å². The Bertz CT molecular complexity index is 1430. The molecule has 0 radical (unpaired) electrons. The van der Waals surface area contributed by atoms with E-state index in [1.54, 1.807) is 7.11 Å². The van der Waals surface area contributed by atoms with Gasteiger partial charge in [-0.05, 0) is 67.3 Å². The summed E-state index contributed by atoms with van der Waals surface area (Å²) in [5.41, 5.74) is 7.17. The van der Waals surface area contributed by atoms with Crippen LogP contribution in [0.25, 0.3) is 0 Å². The minimum absolute atomic E-state index is 0.0407. The smallest absolute Gasteiger partial charge is 0.262 e. The van der Waals surface area contributed by atoms with Crippen LogP contribution in [0.5, 0.6) is 5.75 Å². The highest BCUT2D eigenvalue weighted by Crippen LogP contribution is 2.39. The van der Waals surface area contributed by atoms with Crippen molar-refractivity contribution in [1.82, 2.24) is 5.01 Å². The molecule has 38 heavy (non-hydrogen) atoms. The van der Waals surface area contributed by atoms with Gasteiger partial charge in [0.05, 0.1) is 18.9 Å². The molecule has 7 nitrogen and oxygen atoms in total. The van der Waals surface area contributed by atoms with Gasteiger partial charge in [0, 0.05) is 18.5 Å². The lowest BCUT2D eigenvalue weighted by molar-refractivity contribution is -0.121. The second kappa shape index (κ2) is 10.8. The number of carbonyl (C=O) groups is 2. The first kappa shape index (κ1) is 25.7. The van der Waals surface area contributed by atoms with Gasteiger partial charge in [-0.25, -0.2) is 5.01 Å². The van der Waals surface area contributed by atoms with Crippen LogP contribution in [-0.4, -0.2) is 40.1 Å². The summed E-state index contributed by atoms with van der Waals surface area (Å²) in [4.78, 5) is 30.0. The van der Waals surface area contributed by atoms with Crippen LogP contribution in [0.2, 0.25) is 0 Å². The number of carbonyl (C=O) groups excluding carboxylic acids is 2. The first-order chi connectivity index (χ1) is 18.3. The number of hydrogen-bond acceptors (Lipinski definition) is 6.